The molecule has 16 nitrogen and oxygen atoms in total. The van der Waals surface area contributed by atoms with Crippen LogP contribution >= 0.6 is 0 Å². The first-order valence-corrected chi connectivity index (χ1v) is 13.5. The van der Waals surface area contributed by atoms with Crippen LogP contribution in [0.2, 0.25) is 0 Å². The number of aliphatic carboxylic acids is 1. The molecule has 0 saturated heterocycles. The lowest BCUT2D eigenvalue weighted by Gasteiger charge is -2.25. The van der Waals surface area contributed by atoms with Crippen LogP contribution in [0.1, 0.15) is 73.6 Å². The largest absolute Gasteiger partial charge is 0.480 e. The highest BCUT2D eigenvalue weighted by Gasteiger charge is 2.31. The van der Waals surface area contributed by atoms with Crippen molar-refractivity contribution in [1.82, 2.24) is 26.8 Å². The number of nitrogens with two attached hydrogens (primary N) is 1. The van der Waals surface area contributed by atoms with Gasteiger partial charge in [-0.2, -0.15) is 0 Å². The van der Waals surface area contributed by atoms with E-state index in [0.29, 0.717) is 19.4 Å². The van der Waals surface area contributed by atoms with Gasteiger partial charge in [-0.05, 0) is 40.5 Å². The topological polar surface area (TPSA) is 237 Å². The lowest BCUT2D eigenvalue weighted by atomic mass is 10.1. The van der Waals surface area contributed by atoms with E-state index in [9.17, 15) is 33.9 Å². The van der Waals surface area contributed by atoms with Gasteiger partial charge in [0.25, 0.3) is 11.8 Å². The summed E-state index contributed by atoms with van der Waals surface area (Å²) in [5, 5.41) is 16.2. The van der Waals surface area contributed by atoms with Gasteiger partial charge >= 0.3 is 18.1 Å². The summed E-state index contributed by atoms with van der Waals surface area (Å²) in [6, 6.07) is -5.41. The number of carboxylic acids is 1. The van der Waals surface area contributed by atoms with E-state index < -0.39 is 72.1 Å². The van der Waals surface area contributed by atoms with Crippen molar-refractivity contribution in [3.8, 4) is 0 Å². The number of unbranched alkanes of at least 4 members (excludes halogenated alkanes) is 2. The van der Waals surface area contributed by atoms with Crippen LogP contribution in [0.15, 0.2) is 0 Å². The fourth-order valence-electron chi connectivity index (χ4n) is 3.02. The molecule has 41 heavy (non-hydrogen) atoms. The molecule has 0 radical (unpaired) electrons. The molecule has 0 spiro atoms. The molecule has 0 aromatic carbocycles. The quantitative estimate of drug-likeness (QED) is 0.0836. The first-order chi connectivity index (χ1) is 19.1. The monoisotopic (exact) mass is 590 g/mol. The smallest absolute Gasteiger partial charge is 0.408 e. The van der Waals surface area contributed by atoms with Crippen molar-refractivity contribution < 1.29 is 48.1 Å². The van der Waals surface area contributed by atoms with E-state index in [-0.39, 0.29) is 13.2 Å². The minimum atomic E-state index is -1.59. The molecule has 0 heterocycles. The SMILES string of the molecule is CCCCOC[C@H](NC(=O)OC(C)(C)C)C(=O)NNC(=O)[C@H](CC(N)=O)NC(=O)N[C@H](C(=O)O)C(C)OCCCC. The molecule has 1 unspecified atom stereocenters. The summed E-state index contributed by atoms with van der Waals surface area (Å²) >= 11 is 0. The number of rotatable bonds is 18. The summed E-state index contributed by atoms with van der Waals surface area (Å²) in [4.78, 5) is 73.3. The fourth-order valence-corrected chi connectivity index (χ4v) is 3.02. The van der Waals surface area contributed by atoms with Gasteiger partial charge in [-0.1, -0.05) is 26.7 Å². The molecule has 0 aromatic rings. The van der Waals surface area contributed by atoms with Crippen LogP contribution in [0.5, 0.6) is 0 Å². The molecule has 0 aliphatic rings. The molecule has 8 N–H and O–H groups in total. The maximum absolute atomic E-state index is 12.7. The standard InChI is InChI=1S/C25H46N6O10/c1-7-9-11-39-14-17(28-24(38)41-25(4,5)6)21(34)31-30-20(33)16(13-18(26)32)27-23(37)29-19(22(35)36)15(3)40-12-10-8-2/h15-17,19H,7-14H2,1-6H3,(H2,26,32)(H,28,38)(H,30,33)(H,31,34)(H,35,36)(H2,27,29,37)/t15?,16-,17-,19-/m0/s1. The number of alkyl carbamates (subject to hydrolysis) is 1. The minimum absolute atomic E-state index is 0.235. The van der Waals surface area contributed by atoms with Gasteiger partial charge < -0.3 is 41.0 Å². The molecule has 0 aliphatic carbocycles. The zero-order valence-electron chi connectivity index (χ0n) is 24.7. The third-order valence-electron chi connectivity index (χ3n) is 5.17. The number of hydrazine groups is 1. The number of amides is 6. The molecule has 6 amide bonds. The molecule has 0 rings (SSSR count). The van der Waals surface area contributed by atoms with Crippen LogP contribution in [0.4, 0.5) is 9.59 Å². The van der Waals surface area contributed by atoms with E-state index in [0.717, 1.165) is 12.8 Å². The van der Waals surface area contributed by atoms with Gasteiger partial charge in [0.05, 0.1) is 19.1 Å². The van der Waals surface area contributed by atoms with Gasteiger partial charge in [-0.25, -0.2) is 14.4 Å². The second-order valence-electron chi connectivity index (χ2n) is 10.2. The second-order valence-corrected chi connectivity index (χ2v) is 10.2. The zero-order valence-corrected chi connectivity index (χ0v) is 24.7. The fraction of sp³-hybridized carbons (Fsp3) is 0.760. The predicted molar refractivity (Wildman–Crippen MR) is 146 cm³/mol. The number of hydrogen-bond acceptors (Lipinski definition) is 9. The Kier molecular flexibility index (Phi) is 17.7. The Balaban J connectivity index is 5.33. The molecule has 0 saturated carbocycles. The number of primary amides is 1. The number of nitrogens with one attached hydrogen (secondary N) is 5. The minimum Gasteiger partial charge on any atom is -0.480 e. The number of carbonyl (C=O) groups excluding carboxylic acids is 5. The zero-order chi connectivity index (χ0) is 31.6. The molecule has 0 fully saturated rings. The number of carboxylic acid groups (broad SMARTS) is 1. The van der Waals surface area contributed by atoms with Crippen molar-refractivity contribution >= 4 is 35.8 Å². The highest BCUT2D eigenvalue weighted by atomic mass is 16.6. The normalized spacial score (nSPS) is 14.0. The number of ether oxygens (including phenoxy) is 3. The van der Waals surface area contributed by atoms with E-state index in [1.165, 1.54) is 6.92 Å². The molecular formula is C25H46N6O10. The summed E-state index contributed by atoms with van der Waals surface area (Å²) < 4.78 is 16.0. The Morgan fingerprint density at radius 3 is 1.93 bits per heavy atom. The molecule has 0 bridgehead atoms. The summed E-state index contributed by atoms with van der Waals surface area (Å²) in [6.45, 7) is 10.6. The van der Waals surface area contributed by atoms with E-state index in [4.69, 9.17) is 19.9 Å². The third-order valence-corrected chi connectivity index (χ3v) is 5.17. The summed E-state index contributed by atoms with van der Waals surface area (Å²) in [5.41, 5.74) is 8.50. The Morgan fingerprint density at radius 2 is 1.41 bits per heavy atom. The Morgan fingerprint density at radius 1 is 0.854 bits per heavy atom. The maximum Gasteiger partial charge on any atom is 0.408 e. The highest BCUT2D eigenvalue weighted by molar-refractivity contribution is 5.94. The van der Waals surface area contributed by atoms with Crippen LogP contribution < -0.4 is 32.5 Å². The molecule has 0 aromatic heterocycles. The second kappa shape index (κ2) is 19.4. The lowest BCUT2D eigenvalue weighted by Crippen LogP contribution is -2.60. The van der Waals surface area contributed by atoms with Gasteiger partial charge in [0.15, 0.2) is 6.04 Å². The van der Waals surface area contributed by atoms with Crippen LogP contribution in [-0.4, -0.2) is 90.6 Å². The van der Waals surface area contributed by atoms with Gasteiger partial charge in [-0.3, -0.25) is 25.2 Å². The van der Waals surface area contributed by atoms with E-state index >= 15 is 0 Å². The van der Waals surface area contributed by atoms with Crippen molar-refractivity contribution in [3.05, 3.63) is 0 Å². The van der Waals surface area contributed by atoms with Crippen molar-refractivity contribution in [2.24, 2.45) is 5.73 Å². The first kappa shape index (κ1) is 37.3. The summed E-state index contributed by atoms with van der Waals surface area (Å²) in [6.07, 6.45) is 0.598. The molecular weight excluding hydrogens is 544 g/mol. The van der Waals surface area contributed by atoms with Gasteiger partial charge in [-0.15, -0.1) is 0 Å². The van der Waals surface area contributed by atoms with E-state index in [1.54, 1.807) is 20.8 Å². The van der Waals surface area contributed by atoms with Crippen molar-refractivity contribution in [2.45, 2.75) is 103 Å². The summed E-state index contributed by atoms with van der Waals surface area (Å²) in [7, 11) is 0. The maximum atomic E-state index is 12.7. The van der Waals surface area contributed by atoms with E-state index in [1.807, 2.05) is 13.8 Å². The van der Waals surface area contributed by atoms with Crippen LogP contribution in [0.25, 0.3) is 0 Å². The van der Waals surface area contributed by atoms with Gasteiger partial charge in [0.2, 0.25) is 5.91 Å². The number of urea groups is 1. The summed E-state index contributed by atoms with van der Waals surface area (Å²) in [5.74, 6) is -4.27. The van der Waals surface area contributed by atoms with Crippen molar-refractivity contribution in [2.75, 3.05) is 19.8 Å². The molecule has 16 heteroatoms. The average Bonchev–Trinajstić information content (AvgIpc) is 2.85. The molecule has 0 aliphatic heterocycles. The molecule has 236 valence electrons. The van der Waals surface area contributed by atoms with Crippen LogP contribution in [-0.2, 0) is 33.4 Å². The Bertz CT molecular complexity index is 879. The predicted octanol–water partition coefficient (Wildman–Crippen LogP) is 0.0454. The number of hydrogen-bond donors (Lipinski definition) is 7. The van der Waals surface area contributed by atoms with Crippen LogP contribution in [0, 0.1) is 0 Å². The van der Waals surface area contributed by atoms with Crippen molar-refractivity contribution in [1.29, 1.82) is 0 Å². The average molecular weight is 591 g/mol. The number of carbonyl (C=O) groups is 6. The lowest BCUT2D eigenvalue weighted by molar-refractivity contribution is -0.143. The van der Waals surface area contributed by atoms with Gasteiger partial charge in [0, 0.05) is 13.2 Å². The van der Waals surface area contributed by atoms with E-state index in [2.05, 4.69) is 26.8 Å². The third kappa shape index (κ3) is 17.6. The van der Waals surface area contributed by atoms with Crippen LogP contribution in [0.3, 0.4) is 0 Å². The van der Waals surface area contributed by atoms with Gasteiger partial charge in [0.1, 0.15) is 17.7 Å². The highest BCUT2D eigenvalue weighted by Crippen LogP contribution is 2.07. The molecule has 4 atom stereocenters. The first-order valence-electron chi connectivity index (χ1n) is 13.5. The Hall–Kier alpha value is -3.66. The Labute approximate surface area is 240 Å². The van der Waals surface area contributed by atoms with Crippen molar-refractivity contribution in [3.63, 3.8) is 0 Å².